The van der Waals surface area contributed by atoms with E-state index in [0.29, 0.717) is 173 Å². The number of aliphatic imine (C=N–C) groups is 14. The molecule has 7 aliphatic heterocycles. The summed E-state index contributed by atoms with van der Waals surface area (Å²) >= 11 is 66.5. The van der Waals surface area contributed by atoms with Crippen molar-refractivity contribution in [3.8, 4) is 0 Å². The molecule has 0 amide bonds. The number of rotatable bonds is 16. The van der Waals surface area contributed by atoms with Crippen LogP contribution in [-0.2, 0) is 25.9 Å². The third-order valence-corrected chi connectivity index (χ3v) is 21.4. The zero-order valence-electron chi connectivity index (χ0n) is 76.0. The highest BCUT2D eigenvalue weighted by molar-refractivity contribution is 6.44. The maximum atomic E-state index is 6.17. The van der Waals surface area contributed by atoms with Gasteiger partial charge in [-0.2, -0.15) is 0 Å². The SMILES string of the molecule is CC(C)NC1=NC(C)NC(=NCCc2cc(Cl)c(Cl)cc2Cl)N1.CC(C)NC1=NC(C)NC(=NCc2ccccc2Cl)N1.CC1N=C(N)NC(=NCCc2cc(Cl)c(Cl)cc2Cl)N1.CC1N=C(N)NC(=NCc2ccccc2Cl)N1.CC1N=C(N)NC(Nc2ccccc2Cl)=N1.CC1N=C(Nc2ccccc2Cl)NC(N(C)C)=N1.CC1N=C(Nc2ccccc2Cl)NC(NC(C)C)=N1. The molecule has 14 rings (SSSR count). The van der Waals surface area contributed by atoms with E-state index >= 15 is 0 Å². The third kappa shape index (κ3) is 38.8. The fraction of sp³-hybridized carbons (Fsp3) is 0.356. The van der Waals surface area contributed by atoms with Gasteiger partial charge in [0.15, 0.2) is 59.6 Å². The van der Waals surface area contributed by atoms with Crippen molar-refractivity contribution >= 4 is 228 Å². The van der Waals surface area contributed by atoms with E-state index in [0.717, 1.165) is 62.2 Å². The summed E-state index contributed by atoms with van der Waals surface area (Å²) in [5.74, 6) is 8.45. The zero-order valence-corrected chi connectivity index (χ0v) is 84.3. The number of anilines is 3. The molecule has 7 unspecified atom stereocenters. The molecule has 133 heavy (non-hydrogen) atoms. The first-order valence-electron chi connectivity index (χ1n) is 42.2. The summed E-state index contributed by atoms with van der Waals surface area (Å²) in [6.07, 6.45) is 0.666. The molecule has 23 N–H and O–H groups in total. The minimum absolute atomic E-state index is 0.0116. The summed E-state index contributed by atoms with van der Waals surface area (Å²) in [5, 5.41) is 59.1. The number of hydrogen-bond acceptors (Lipinski definition) is 27. The molecule has 0 saturated heterocycles. The fourth-order valence-electron chi connectivity index (χ4n) is 11.7. The molecule has 7 heterocycles. The maximum Gasteiger partial charge on any atom is 0.204 e. The predicted molar refractivity (Wildman–Crippen MR) is 562 cm³/mol. The van der Waals surface area contributed by atoms with E-state index in [9.17, 15) is 0 Å². The van der Waals surface area contributed by atoms with Crippen molar-refractivity contribution in [2.24, 2.45) is 87.1 Å². The van der Waals surface area contributed by atoms with Crippen molar-refractivity contribution < 1.29 is 0 Å². The van der Waals surface area contributed by atoms with E-state index in [4.69, 9.17) is 145 Å². The van der Waals surface area contributed by atoms with Crippen molar-refractivity contribution in [1.82, 2.24) is 79.3 Å². The summed E-state index contributed by atoms with van der Waals surface area (Å²) in [6.45, 7) is 27.9. The number of guanidine groups is 14. The minimum atomic E-state index is -0.189. The molecule has 714 valence electrons. The fourth-order valence-corrected chi connectivity index (χ4v) is 14.0. The lowest BCUT2D eigenvalue weighted by molar-refractivity contribution is 0.582. The molecule has 7 aliphatic rings. The average molecular weight is 2040 g/mol. The normalized spacial score (nSPS) is 19.7. The van der Waals surface area contributed by atoms with Gasteiger partial charge in [0.1, 0.15) is 43.2 Å². The van der Waals surface area contributed by atoms with Crippen molar-refractivity contribution in [3.63, 3.8) is 0 Å². The smallest absolute Gasteiger partial charge is 0.204 e. The Hall–Kier alpha value is -11.1. The van der Waals surface area contributed by atoms with Gasteiger partial charge in [-0.25, -0.2) is 59.9 Å². The summed E-state index contributed by atoms with van der Waals surface area (Å²) in [5.41, 5.74) is 23.0. The Morgan fingerprint density at radius 3 is 0.977 bits per heavy atom. The molecule has 0 aliphatic carbocycles. The van der Waals surface area contributed by atoms with Crippen molar-refractivity contribution in [2.45, 2.75) is 177 Å². The second kappa shape index (κ2) is 54.3. The number of nitrogens with one attached hydrogen (secondary N) is 17. The van der Waals surface area contributed by atoms with Gasteiger partial charge in [0.25, 0.3) is 0 Å². The first-order chi connectivity index (χ1) is 63.2. The minimum Gasteiger partial charge on any atom is -0.370 e. The molecular formula is C87H114Cl11N35. The molecular weight excluding hydrogens is 1930 g/mol. The quantitative estimate of drug-likeness (QED) is 0.0400. The molecule has 0 spiro atoms. The summed E-state index contributed by atoms with van der Waals surface area (Å²) in [6, 6.07) is 45.6. The Morgan fingerprint density at radius 2 is 0.609 bits per heavy atom. The highest BCUT2D eigenvalue weighted by Gasteiger charge is 2.23. The van der Waals surface area contributed by atoms with Crippen LogP contribution in [0.1, 0.15) is 112 Å². The van der Waals surface area contributed by atoms with Crippen LogP contribution in [0.5, 0.6) is 0 Å². The van der Waals surface area contributed by atoms with Gasteiger partial charge in [-0.15, -0.1) is 0 Å². The van der Waals surface area contributed by atoms with Crippen LogP contribution in [-0.4, -0.2) is 177 Å². The molecule has 7 aromatic carbocycles. The maximum absolute atomic E-state index is 6.17. The number of para-hydroxylation sites is 3. The number of benzene rings is 7. The van der Waals surface area contributed by atoms with Crippen molar-refractivity contribution in [3.05, 3.63) is 223 Å². The summed E-state index contributed by atoms with van der Waals surface area (Å²) in [4.78, 5) is 62.4. The van der Waals surface area contributed by atoms with Gasteiger partial charge in [-0.3, -0.25) is 47.2 Å². The Kier molecular flexibility index (Phi) is 43.8. The number of nitrogens with zero attached hydrogens (tertiary/aromatic N) is 15. The van der Waals surface area contributed by atoms with Crippen LogP contribution in [0.4, 0.5) is 17.1 Å². The second-order valence-corrected chi connectivity index (χ2v) is 35.2. The molecule has 0 aromatic heterocycles. The van der Waals surface area contributed by atoms with E-state index < -0.39 is 0 Å². The molecule has 46 heteroatoms. The van der Waals surface area contributed by atoms with Crippen LogP contribution < -0.4 is 108 Å². The molecule has 7 aromatic rings. The van der Waals surface area contributed by atoms with E-state index in [1.54, 1.807) is 30.3 Å². The van der Waals surface area contributed by atoms with Crippen molar-refractivity contribution in [2.75, 3.05) is 43.1 Å². The van der Waals surface area contributed by atoms with Gasteiger partial charge in [-0.05, 0) is 198 Å². The Balaban J connectivity index is 0.000000191. The molecule has 0 bridgehead atoms. The highest BCUT2D eigenvalue weighted by Crippen LogP contribution is 2.32. The topological polar surface area (TPSA) is 459 Å². The first kappa shape index (κ1) is 107. The van der Waals surface area contributed by atoms with E-state index in [-0.39, 0.29) is 43.2 Å². The Morgan fingerprint density at radius 1 is 0.308 bits per heavy atom. The number of nitrogens with two attached hydrogens (primary N) is 3. The molecule has 7 atom stereocenters. The van der Waals surface area contributed by atoms with Gasteiger partial charge in [0.2, 0.25) is 23.8 Å². The van der Waals surface area contributed by atoms with Crippen LogP contribution in [0.2, 0.25) is 55.2 Å². The van der Waals surface area contributed by atoms with Crippen LogP contribution in [0.3, 0.4) is 0 Å². The van der Waals surface area contributed by atoms with Gasteiger partial charge in [0, 0.05) is 65.4 Å². The van der Waals surface area contributed by atoms with Crippen LogP contribution >= 0.6 is 128 Å². The van der Waals surface area contributed by atoms with Gasteiger partial charge < -0.3 is 75.3 Å². The molecule has 35 nitrogen and oxygen atoms in total. The predicted octanol–water partition coefficient (Wildman–Crippen LogP) is 14.7. The third-order valence-electron chi connectivity index (χ3n) is 17.6. The summed E-state index contributed by atoms with van der Waals surface area (Å²) in [7, 11) is 3.86. The van der Waals surface area contributed by atoms with Gasteiger partial charge >= 0.3 is 0 Å². The molecule has 0 fully saturated rings. The molecule has 0 saturated carbocycles. The first-order valence-corrected chi connectivity index (χ1v) is 46.3. The Bertz CT molecular complexity index is 5510. The number of halogens is 11. The highest BCUT2D eigenvalue weighted by atomic mass is 35.5. The largest absolute Gasteiger partial charge is 0.370 e. The number of hydrogen-bond donors (Lipinski definition) is 20. The lowest BCUT2D eigenvalue weighted by Crippen LogP contribution is -2.55. The summed E-state index contributed by atoms with van der Waals surface area (Å²) < 4.78 is 0. The zero-order chi connectivity index (χ0) is 97.0. The molecule has 0 radical (unpaired) electrons. The monoisotopic (exact) mass is 2030 g/mol. The second-order valence-electron chi connectivity index (χ2n) is 30.7. The van der Waals surface area contributed by atoms with Crippen LogP contribution in [0.15, 0.2) is 215 Å². The average Bonchev–Trinajstić information content (AvgIpc) is 0.823. The van der Waals surface area contributed by atoms with Crippen LogP contribution in [0.25, 0.3) is 0 Å². The van der Waals surface area contributed by atoms with Gasteiger partial charge in [0.05, 0.1) is 65.3 Å². The van der Waals surface area contributed by atoms with Crippen molar-refractivity contribution in [1.29, 1.82) is 0 Å². The lowest BCUT2D eigenvalue weighted by Gasteiger charge is -2.25. The van der Waals surface area contributed by atoms with Gasteiger partial charge in [-0.1, -0.05) is 200 Å². The van der Waals surface area contributed by atoms with E-state index in [1.165, 1.54) is 0 Å². The lowest BCUT2D eigenvalue weighted by atomic mass is 10.1. The van der Waals surface area contributed by atoms with Crippen LogP contribution in [0, 0.1) is 0 Å². The van der Waals surface area contributed by atoms with E-state index in [1.807, 2.05) is 183 Å². The standard InChI is InChI=1S/C15H20Cl3N5.C14H20ClN5.C13H18ClN5.C12H14Cl3N5.C12H16ClN5.C11H14ClN5.C10H12ClN5/c1-8(2)20-15-22-9(3)21-14(23-15)19-5-4-10-6-12(17)13(18)7-11(10)16;1-9(2)17-14-19-10(3)18-13(20-14)16-8-11-6-4-5-7-12(11)15;1-8(2)15-12-16-9(3)17-13(19-12)18-11-7-5-4-6-10(11)14;1-6-18-11(16)20-12(19-6)17-3-2-7-4-9(14)10(15)5-8(7)13;1-8-14-11(17-12(15-8)18(2)3)16-10-7-5-4-6-9(10)13;1-7-15-10(13)17-11(16-7)14-6-8-4-2-3-5-9(8)12;1-6-13-9(12)16-10(14-6)15-8-5-3-2-4-7(8)11/h6-9H,4-5H2,1-3H3,(H3,19,20,21,22,23);4-7,9-10H,8H2,1-3H3,(H3,16,17,18,19,20);4-9H,1-3H3,(H3,15,16,17,18,19);4-6H,2-3H2,1H3,(H4,16,17,18,19,20);4-8H,1-3H3,(H2,14,15,16,17);2-5,7H,6H2,1H3,(H4,13,14,15,16,17);2-6H,1H3,(H4,12,13,14,15,16). The van der Waals surface area contributed by atoms with E-state index in [2.05, 4.69) is 202 Å². The Labute approximate surface area is 831 Å².